The van der Waals surface area contributed by atoms with Gasteiger partial charge in [-0.3, -0.25) is 4.79 Å². The van der Waals surface area contributed by atoms with Crippen LogP contribution in [0.15, 0.2) is 0 Å². The van der Waals surface area contributed by atoms with Crippen molar-refractivity contribution in [3.05, 3.63) is 0 Å². The van der Waals surface area contributed by atoms with Crippen LogP contribution in [0.5, 0.6) is 0 Å². The summed E-state index contributed by atoms with van der Waals surface area (Å²) in [6.45, 7) is 4.42. The summed E-state index contributed by atoms with van der Waals surface area (Å²) >= 11 is 0. The molecule has 2 saturated carbocycles. The Balaban J connectivity index is 1.48. The third kappa shape index (κ3) is 2.76. The molecule has 3 amide bonds. The average molecular weight is 279 g/mol. The number of carbonyl (C=O) groups is 2. The Morgan fingerprint density at radius 2 is 2.10 bits per heavy atom. The molecule has 2 atom stereocenters. The number of carbonyl (C=O) groups excluding carboxylic acids is 2. The molecule has 0 bridgehead atoms. The maximum atomic E-state index is 12.3. The normalized spacial score (nSPS) is 30.8. The number of hydrogen-bond acceptors (Lipinski definition) is 2. The Morgan fingerprint density at radius 1 is 1.30 bits per heavy atom. The van der Waals surface area contributed by atoms with E-state index in [-0.39, 0.29) is 18.5 Å². The van der Waals surface area contributed by atoms with Crippen molar-refractivity contribution in [1.82, 2.24) is 15.1 Å². The van der Waals surface area contributed by atoms with Crippen molar-refractivity contribution in [2.24, 2.45) is 11.8 Å². The number of amides is 3. The van der Waals surface area contributed by atoms with Gasteiger partial charge in [0.2, 0.25) is 5.91 Å². The summed E-state index contributed by atoms with van der Waals surface area (Å²) in [6.07, 6.45) is 6.05. The number of urea groups is 1. The lowest BCUT2D eigenvalue weighted by Crippen LogP contribution is -2.45. The van der Waals surface area contributed by atoms with Crippen LogP contribution in [0.25, 0.3) is 0 Å². The van der Waals surface area contributed by atoms with Gasteiger partial charge in [0, 0.05) is 25.7 Å². The summed E-state index contributed by atoms with van der Waals surface area (Å²) in [5.74, 6) is 1.63. The fourth-order valence-electron chi connectivity index (χ4n) is 3.45. The molecule has 20 heavy (non-hydrogen) atoms. The van der Waals surface area contributed by atoms with E-state index in [9.17, 15) is 9.59 Å². The first-order valence-corrected chi connectivity index (χ1v) is 8.02. The van der Waals surface area contributed by atoms with Crippen molar-refractivity contribution in [1.29, 1.82) is 0 Å². The summed E-state index contributed by atoms with van der Waals surface area (Å²) in [6, 6.07) is 0.330. The fraction of sp³-hybridized carbons (Fsp3) is 0.867. The van der Waals surface area contributed by atoms with Crippen LogP contribution in [0.1, 0.15) is 39.0 Å². The molecule has 0 unspecified atom stereocenters. The maximum Gasteiger partial charge on any atom is 0.318 e. The molecule has 0 aromatic carbocycles. The first kappa shape index (κ1) is 13.7. The fourth-order valence-corrected chi connectivity index (χ4v) is 3.45. The third-order valence-corrected chi connectivity index (χ3v) is 5.11. The van der Waals surface area contributed by atoms with Crippen molar-refractivity contribution in [3.8, 4) is 0 Å². The van der Waals surface area contributed by atoms with Gasteiger partial charge in [-0.2, -0.15) is 0 Å². The molecule has 1 saturated heterocycles. The van der Waals surface area contributed by atoms with E-state index in [0.717, 1.165) is 31.8 Å². The molecule has 112 valence electrons. The van der Waals surface area contributed by atoms with Crippen molar-refractivity contribution in [3.63, 3.8) is 0 Å². The molecule has 3 rings (SSSR count). The predicted octanol–water partition coefficient (Wildman–Crippen LogP) is 1.44. The lowest BCUT2D eigenvalue weighted by Gasteiger charge is -2.26. The molecule has 3 aliphatic rings. The van der Waals surface area contributed by atoms with Gasteiger partial charge in [-0.15, -0.1) is 0 Å². The summed E-state index contributed by atoms with van der Waals surface area (Å²) in [5.41, 5.74) is 0. The second-order valence-electron chi connectivity index (χ2n) is 6.40. The van der Waals surface area contributed by atoms with Crippen LogP contribution in [0.2, 0.25) is 0 Å². The Bertz CT molecular complexity index is 395. The molecule has 5 nitrogen and oxygen atoms in total. The summed E-state index contributed by atoms with van der Waals surface area (Å²) in [5, 5.41) is 3.12. The van der Waals surface area contributed by atoms with E-state index in [2.05, 4.69) is 5.32 Å². The average Bonchev–Trinajstić information content (AvgIpc) is 3.11. The van der Waals surface area contributed by atoms with Crippen LogP contribution in [0.3, 0.4) is 0 Å². The van der Waals surface area contributed by atoms with Gasteiger partial charge >= 0.3 is 6.03 Å². The minimum Gasteiger partial charge on any atom is -0.341 e. The monoisotopic (exact) mass is 279 g/mol. The van der Waals surface area contributed by atoms with E-state index in [4.69, 9.17) is 0 Å². The van der Waals surface area contributed by atoms with Gasteiger partial charge in [-0.1, -0.05) is 19.3 Å². The van der Waals surface area contributed by atoms with Crippen LogP contribution in [0.4, 0.5) is 4.79 Å². The quantitative estimate of drug-likeness (QED) is 0.850. The van der Waals surface area contributed by atoms with Gasteiger partial charge in [0.15, 0.2) is 0 Å². The Morgan fingerprint density at radius 3 is 2.75 bits per heavy atom. The Kier molecular flexibility index (Phi) is 3.85. The van der Waals surface area contributed by atoms with E-state index in [0.29, 0.717) is 18.5 Å². The highest BCUT2D eigenvalue weighted by atomic mass is 16.2. The molecule has 1 N–H and O–H groups in total. The van der Waals surface area contributed by atoms with Crippen molar-refractivity contribution in [2.45, 2.75) is 45.1 Å². The summed E-state index contributed by atoms with van der Waals surface area (Å²) < 4.78 is 0. The maximum absolute atomic E-state index is 12.3. The SMILES string of the molecule is CCN1CCCN(C(=O)N[C@@H]2C[C@H]2C2CCC2)CC1=O. The summed E-state index contributed by atoms with van der Waals surface area (Å²) in [4.78, 5) is 27.8. The largest absolute Gasteiger partial charge is 0.341 e. The topological polar surface area (TPSA) is 52.6 Å². The molecule has 0 aromatic rings. The molecule has 0 radical (unpaired) electrons. The van der Waals surface area contributed by atoms with E-state index < -0.39 is 0 Å². The second kappa shape index (κ2) is 5.62. The van der Waals surface area contributed by atoms with Crippen LogP contribution in [-0.4, -0.2) is 54.0 Å². The van der Waals surface area contributed by atoms with Crippen LogP contribution < -0.4 is 5.32 Å². The van der Waals surface area contributed by atoms with E-state index in [1.165, 1.54) is 19.3 Å². The van der Waals surface area contributed by atoms with Gasteiger partial charge in [-0.25, -0.2) is 4.79 Å². The van der Waals surface area contributed by atoms with Crippen molar-refractivity contribution in [2.75, 3.05) is 26.2 Å². The lowest BCUT2D eigenvalue weighted by molar-refractivity contribution is -0.130. The number of likely N-dealkylation sites (N-methyl/N-ethyl adjacent to an activating group) is 1. The Hall–Kier alpha value is -1.26. The molecule has 5 heteroatoms. The number of nitrogens with zero attached hydrogens (tertiary/aromatic N) is 2. The predicted molar refractivity (Wildman–Crippen MR) is 76.2 cm³/mol. The first-order chi connectivity index (χ1) is 9.69. The third-order valence-electron chi connectivity index (χ3n) is 5.11. The lowest BCUT2D eigenvalue weighted by atomic mass is 9.81. The molecule has 1 heterocycles. The zero-order valence-electron chi connectivity index (χ0n) is 12.3. The van der Waals surface area contributed by atoms with E-state index in [1.807, 2.05) is 11.8 Å². The molecular weight excluding hydrogens is 254 g/mol. The first-order valence-electron chi connectivity index (χ1n) is 8.02. The van der Waals surface area contributed by atoms with Gasteiger partial charge < -0.3 is 15.1 Å². The van der Waals surface area contributed by atoms with Crippen molar-refractivity contribution >= 4 is 11.9 Å². The van der Waals surface area contributed by atoms with Gasteiger partial charge in [0.1, 0.15) is 6.54 Å². The molecule has 3 fully saturated rings. The summed E-state index contributed by atoms with van der Waals surface area (Å²) in [7, 11) is 0. The van der Waals surface area contributed by atoms with Crippen LogP contribution >= 0.6 is 0 Å². The number of hydrogen-bond donors (Lipinski definition) is 1. The second-order valence-corrected chi connectivity index (χ2v) is 6.40. The molecule has 2 aliphatic carbocycles. The number of nitrogens with one attached hydrogen (secondary N) is 1. The smallest absolute Gasteiger partial charge is 0.318 e. The highest BCUT2D eigenvalue weighted by Crippen LogP contribution is 2.47. The highest BCUT2D eigenvalue weighted by Gasteiger charge is 2.46. The minimum atomic E-state index is -0.0388. The standard InChI is InChI=1S/C15H25N3O2/c1-2-17-7-4-8-18(10-14(17)19)15(20)16-13-9-12(13)11-5-3-6-11/h11-13H,2-10H2,1H3,(H,16,20)/t12-,13+/m0/s1. The highest BCUT2D eigenvalue weighted by molar-refractivity contribution is 5.84. The van der Waals surface area contributed by atoms with Gasteiger partial charge in [0.05, 0.1) is 0 Å². The number of rotatable bonds is 3. The molecule has 0 spiro atoms. The van der Waals surface area contributed by atoms with E-state index >= 15 is 0 Å². The van der Waals surface area contributed by atoms with Crippen LogP contribution in [-0.2, 0) is 4.79 Å². The zero-order valence-corrected chi connectivity index (χ0v) is 12.3. The molecular formula is C15H25N3O2. The van der Waals surface area contributed by atoms with Gasteiger partial charge in [-0.05, 0) is 31.6 Å². The minimum absolute atomic E-state index is 0.0388. The van der Waals surface area contributed by atoms with Crippen LogP contribution in [0, 0.1) is 11.8 Å². The zero-order chi connectivity index (χ0) is 14.1. The Labute approximate surface area is 120 Å². The molecule has 1 aliphatic heterocycles. The van der Waals surface area contributed by atoms with Gasteiger partial charge in [0.25, 0.3) is 0 Å². The van der Waals surface area contributed by atoms with E-state index in [1.54, 1.807) is 4.90 Å². The van der Waals surface area contributed by atoms with Crippen molar-refractivity contribution < 1.29 is 9.59 Å². The molecule has 0 aromatic heterocycles.